The number of esters is 1. The van der Waals surface area contributed by atoms with E-state index in [2.05, 4.69) is 16.1 Å². The van der Waals surface area contributed by atoms with E-state index in [1.165, 1.54) is 0 Å². The van der Waals surface area contributed by atoms with Crippen LogP contribution in [0.5, 0.6) is 0 Å². The molecule has 0 fully saturated rings. The van der Waals surface area contributed by atoms with E-state index in [9.17, 15) is 53.1 Å². The van der Waals surface area contributed by atoms with Gasteiger partial charge in [-0.1, -0.05) is 6.58 Å². The third kappa shape index (κ3) is 4.45. The standard InChI is InChI=1S/C9H5F11O3/c1-2-4(21)22-3-5(10,7(13,14)15)23-9(19,20)6(11,12)8(16,17)18/h2H,1,3H2. The van der Waals surface area contributed by atoms with Crippen molar-refractivity contribution in [3.63, 3.8) is 0 Å². The number of carbonyl (C=O) groups is 1. The maximum atomic E-state index is 13.4. The van der Waals surface area contributed by atoms with E-state index in [4.69, 9.17) is 0 Å². The fourth-order valence-corrected chi connectivity index (χ4v) is 0.824. The van der Waals surface area contributed by atoms with Gasteiger partial charge in [0.1, 0.15) is 0 Å². The molecule has 1 atom stereocenters. The highest BCUT2D eigenvalue weighted by Gasteiger charge is 2.78. The van der Waals surface area contributed by atoms with Crippen LogP contribution in [0.3, 0.4) is 0 Å². The Morgan fingerprint density at radius 2 is 1.30 bits per heavy atom. The molecule has 0 bridgehead atoms. The summed E-state index contributed by atoms with van der Waals surface area (Å²) in [5.41, 5.74) is 0. The SMILES string of the molecule is C=CC(=O)OCC(F)(OC(F)(F)C(F)(F)C(F)(F)F)C(F)(F)F. The smallest absolute Gasteiger partial charge is 0.456 e. The van der Waals surface area contributed by atoms with E-state index in [1.807, 2.05) is 0 Å². The van der Waals surface area contributed by atoms with E-state index < -0.39 is 42.8 Å². The van der Waals surface area contributed by atoms with E-state index in [-0.39, 0.29) is 6.08 Å². The van der Waals surface area contributed by atoms with Crippen molar-refractivity contribution in [3.8, 4) is 0 Å². The first-order chi connectivity index (χ1) is 9.91. The Labute approximate surface area is 119 Å². The summed E-state index contributed by atoms with van der Waals surface area (Å²) in [6.45, 7) is -0.139. The Morgan fingerprint density at radius 3 is 1.61 bits per heavy atom. The summed E-state index contributed by atoms with van der Waals surface area (Å²) in [5.74, 6) is -14.8. The molecule has 0 aromatic heterocycles. The van der Waals surface area contributed by atoms with Crippen molar-refractivity contribution in [1.82, 2.24) is 0 Å². The topological polar surface area (TPSA) is 35.5 Å². The van der Waals surface area contributed by atoms with Crippen molar-refractivity contribution in [2.45, 2.75) is 30.2 Å². The third-order valence-corrected chi connectivity index (χ3v) is 2.00. The molecule has 136 valence electrons. The first-order valence-electron chi connectivity index (χ1n) is 4.98. The summed E-state index contributed by atoms with van der Waals surface area (Å²) in [7, 11) is 0. The molecule has 0 heterocycles. The van der Waals surface area contributed by atoms with Crippen LogP contribution in [0.1, 0.15) is 0 Å². The minimum atomic E-state index is -7.16. The van der Waals surface area contributed by atoms with Crippen LogP contribution in [0, 0.1) is 0 Å². The van der Waals surface area contributed by atoms with E-state index in [1.54, 1.807) is 0 Å². The van der Waals surface area contributed by atoms with Gasteiger partial charge in [-0.3, -0.25) is 4.74 Å². The Kier molecular flexibility index (Phi) is 5.70. The van der Waals surface area contributed by atoms with E-state index in [0.717, 1.165) is 0 Å². The number of rotatable bonds is 6. The van der Waals surface area contributed by atoms with Crippen molar-refractivity contribution < 1.29 is 62.6 Å². The van der Waals surface area contributed by atoms with Gasteiger partial charge in [0.25, 0.3) is 0 Å². The molecule has 0 spiro atoms. The second-order valence-corrected chi connectivity index (χ2v) is 3.73. The van der Waals surface area contributed by atoms with Crippen LogP contribution in [-0.4, -0.2) is 42.8 Å². The molecular weight excluding hydrogens is 365 g/mol. The van der Waals surface area contributed by atoms with Gasteiger partial charge in [-0.25, -0.2) is 4.79 Å². The second kappa shape index (κ2) is 6.13. The van der Waals surface area contributed by atoms with Crippen molar-refractivity contribution >= 4 is 5.97 Å². The van der Waals surface area contributed by atoms with Crippen LogP contribution in [-0.2, 0) is 14.3 Å². The zero-order chi connectivity index (χ0) is 18.9. The molecule has 0 aromatic carbocycles. The molecule has 23 heavy (non-hydrogen) atoms. The second-order valence-electron chi connectivity index (χ2n) is 3.73. The summed E-state index contributed by atoms with van der Waals surface area (Å²) in [6, 6.07) is 0. The molecule has 0 aromatic rings. The average molecular weight is 370 g/mol. The molecular formula is C9H5F11O3. The number of halogens is 11. The highest BCUT2D eigenvalue weighted by Crippen LogP contribution is 2.50. The van der Waals surface area contributed by atoms with Crippen molar-refractivity contribution in [3.05, 3.63) is 12.7 Å². The summed E-state index contributed by atoms with van der Waals surface area (Å²) in [6.07, 6.45) is -20.4. The summed E-state index contributed by atoms with van der Waals surface area (Å²) in [5, 5.41) is 0. The van der Waals surface area contributed by atoms with E-state index in [0.29, 0.717) is 0 Å². The molecule has 0 rings (SSSR count). The van der Waals surface area contributed by atoms with Crippen LogP contribution in [0.2, 0.25) is 0 Å². The van der Waals surface area contributed by atoms with Gasteiger partial charge in [0.15, 0.2) is 6.61 Å². The normalized spacial score (nSPS) is 16.7. The quantitative estimate of drug-likeness (QED) is 0.406. The molecule has 0 aliphatic rings. The fourth-order valence-electron chi connectivity index (χ4n) is 0.824. The highest BCUT2D eigenvalue weighted by molar-refractivity contribution is 5.81. The van der Waals surface area contributed by atoms with Gasteiger partial charge in [0, 0.05) is 6.08 Å². The van der Waals surface area contributed by atoms with Gasteiger partial charge in [-0.2, -0.15) is 48.3 Å². The Morgan fingerprint density at radius 1 is 0.870 bits per heavy atom. The lowest BCUT2D eigenvalue weighted by Crippen LogP contribution is -2.60. The summed E-state index contributed by atoms with van der Waals surface area (Å²) in [4.78, 5) is 10.5. The highest BCUT2D eigenvalue weighted by atomic mass is 19.4. The summed E-state index contributed by atoms with van der Waals surface area (Å²) >= 11 is 0. The first kappa shape index (κ1) is 21.4. The largest absolute Gasteiger partial charge is 0.462 e. The molecule has 3 nitrogen and oxygen atoms in total. The lowest BCUT2D eigenvalue weighted by molar-refractivity contribution is -0.485. The van der Waals surface area contributed by atoms with Crippen molar-refractivity contribution in [2.75, 3.05) is 6.61 Å². The predicted molar refractivity (Wildman–Crippen MR) is 48.1 cm³/mol. The minimum absolute atomic E-state index is 0.138. The number of hydrogen-bond donors (Lipinski definition) is 0. The fraction of sp³-hybridized carbons (Fsp3) is 0.667. The molecule has 0 aliphatic carbocycles. The number of ether oxygens (including phenoxy) is 2. The van der Waals surface area contributed by atoms with Gasteiger partial charge in [0.05, 0.1) is 0 Å². The Balaban J connectivity index is 5.63. The molecule has 0 N–H and O–H groups in total. The molecule has 0 saturated carbocycles. The first-order valence-corrected chi connectivity index (χ1v) is 4.98. The van der Waals surface area contributed by atoms with Crippen molar-refractivity contribution in [2.24, 2.45) is 0 Å². The molecule has 0 amide bonds. The monoisotopic (exact) mass is 370 g/mol. The number of alkyl halides is 11. The maximum Gasteiger partial charge on any atom is 0.462 e. The van der Waals surface area contributed by atoms with Crippen LogP contribution >= 0.6 is 0 Å². The molecule has 14 heteroatoms. The third-order valence-electron chi connectivity index (χ3n) is 2.00. The number of hydrogen-bond acceptors (Lipinski definition) is 3. The van der Waals surface area contributed by atoms with Crippen LogP contribution in [0.15, 0.2) is 12.7 Å². The average Bonchev–Trinajstić information content (AvgIpc) is 2.32. The zero-order valence-corrected chi connectivity index (χ0v) is 10.4. The Hall–Kier alpha value is -1.60. The van der Waals surface area contributed by atoms with Gasteiger partial charge in [-0.15, -0.1) is 0 Å². The predicted octanol–water partition coefficient (Wildman–Crippen LogP) is 3.75. The maximum absolute atomic E-state index is 13.4. The number of carbonyl (C=O) groups excluding carboxylic acids is 1. The molecule has 0 aliphatic heterocycles. The zero-order valence-electron chi connectivity index (χ0n) is 10.4. The van der Waals surface area contributed by atoms with Crippen LogP contribution in [0.25, 0.3) is 0 Å². The van der Waals surface area contributed by atoms with Gasteiger partial charge < -0.3 is 4.74 Å². The molecule has 1 unspecified atom stereocenters. The van der Waals surface area contributed by atoms with Gasteiger partial charge in [-0.05, 0) is 0 Å². The van der Waals surface area contributed by atoms with Gasteiger partial charge in [0.2, 0.25) is 0 Å². The van der Waals surface area contributed by atoms with Crippen LogP contribution in [0.4, 0.5) is 48.3 Å². The lowest BCUT2D eigenvalue weighted by Gasteiger charge is -2.34. The lowest BCUT2D eigenvalue weighted by atomic mass is 10.2. The minimum Gasteiger partial charge on any atom is -0.456 e. The van der Waals surface area contributed by atoms with Crippen LogP contribution < -0.4 is 0 Å². The van der Waals surface area contributed by atoms with Gasteiger partial charge >= 0.3 is 36.2 Å². The summed E-state index contributed by atoms with van der Waals surface area (Å²) < 4.78 is 141. The van der Waals surface area contributed by atoms with E-state index >= 15 is 0 Å². The Bertz CT molecular complexity index is 453. The molecule has 0 radical (unpaired) electrons. The molecule has 0 saturated heterocycles. The van der Waals surface area contributed by atoms with Crippen molar-refractivity contribution in [1.29, 1.82) is 0 Å².